The van der Waals surface area contributed by atoms with Gasteiger partial charge in [-0.25, -0.2) is 8.42 Å². The number of aliphatic carboxylic acids is 1. The number of carbonyl (C=O) groups excluding carboxylic acids is 1. The number of carbonyl (C=O) groups is 2. The van der Waals surface area contributed by atoms with Crippen LogP contribution in [0, 0.1) is 0 Å². The van der Waals surface area contributed by atoms with Crippen LogP contribution in [0.2, 0.25) is 0 Å². The highest BCUT2D eigenvalue weighted by Gasteiger charge is 2.37. The monoisotopic (exact) mass is 380 g/mol. The predicted octanol–water partition coefficient (Wildman–Crippen LogP) is 1.26. The summed E-state index contributed by atoms with van der Waals surface area (Å²) in [6.07, 6.45) is 3.01. The van der Waals surface area contributed by atoms with Crippen LogP contribution in [-0.2, 0) is 32.5 Å². The number of benzene rings is 1. The smallest absolute Gasteiger partial charge is 0.322 e. The SMILES string of the molecule is CC(=O)N1CCc2ccc(S(=O)(=O)N3CCCCC3C(=O)O)cc2CC1. The van der Waals surface area contributed by atoms with Crippen molar-refractivity contribution in [2.24, 2.45) is 0 Å². The van der Waals surface area contributed by atoms with E-state index in [0.29, 0.717) is 45.2 Å². The van der Waals surface area contributed by atoms with Crippen LogP contribution in [0.1, 0.15) is 37.3 Å². The Morgan fingerprint density at radius 2 is 1.77 bits per heavy atom. The molecule has 0 saturated carbocycles. The molecule has 0 aliphatic carbocycles. The standard InChI is InChI=1S/C18H24N2O5S/c1-13(21)19-10-7-14-5-6-16(12-15(14)8-11-19)26(24,25)20-9-3-2-4-17(20)18(22)23/h5-6,12,17H,2-4,7-11H2,1H3,(H,22,23). The highest BCUT2D eigenvalue weighted by molar-refractivity contribution is 7.89. The lowest BCUT2D eigenvalue weighted by Gasteiger charge is -2.32. The van der Waals surface area contributed by atoms with Gasteiger partial charge in [-0.2, -0.15) is 4.31 Å². The Bertz CT molecular complexity index is 821. The maximum absolute atomic E-state index is 13.0. The third-order valence-electron chi connectivity index (χ3n) is 5.27. The lowest BCUT2D eigenvalue weighted by atomic mass is 10.0. The number of sulfonamides is 1. The van der Waals surface area contributed by atoms with E-state index in [0.717, 1.165) is 15.4 Å². The van der Waals surface area contributed by atoms with Crippen molar-refractivity contribution in [2.45, 2.75) is 50.0 Å². The van der Waals surface area contributed by atoms with Crippen LogP contribution in [0.5, 0.6) is 0 Å². The Morgan fingerprint density at radius 1 is 1.08 bits per heavy atom. The quantitative estimate of drug-likeness (QED) is 0.852. The first kappa shape index (κ1) is 18.8. The number of amides is 1. The Morgan fingerprint density at radius 3 is 2.42 bits per heavy atom. The average Bonchev–Trinajstić information content (AvgIpc) is 2.83. The summed E-state index contributed by atoms with van der Waals surface area (Å²) in [6.45, 7) is 2.96. The summed E-state index contributed by atoms with van der Waals surface area (Å²) in [6, 6.07) is 4.01. The van der Waals surface area contributed by atoms with Gasteiger partial charge in [-0.15, -0.1) is 0 Å². The predicted molar refractivity (Wildman–Crippen MR) is 95.3 cm³/mol. The maximum atomic E-state index is 13.0. The number of carboxylic acids is 1. The zero-order valence-electron chi connectivity index (χ0n) is 14.8. The molecule has 1 atom stereocenters. The van der Waals surface area contributed by atoms with Crippen molar-refractivity contribution in [3.05, 3.63) is 29.3 Å². The van der Waals surface area contributed by atoms with Gasteiger partial charge in [0.25, 0.3) is 0 Å². The van der Waals surface area contributed by atoms with Crippen LogP contribution in [0.3, 0.4) is 0 Å². The molecule has 0 radical (unpaired) electrons. The highest BCUT2D eigenvalue weighted by atomic mass is 32.2. The van der Waals surface area contributed by atoms with Gasteiger partial charge in [-0.05, 0) is 55.4 Å². The largest absolute Gasteiger partial charge is 0.480 e. The first-order valence-corrected chi connectivity index (χ1v) is 10.4. The topological polar surface area (TPSA) is 95.0 Å². The van der Waals surface area contributed by atoms with Gasteiger partial charge in [0.05, 0.1) is 4.90 Å². The first-order chi connectivity index (χ1) is 12.3. The molecule has 1 aromatic carbocycles. The molecule has 0 aromatic heterocycles. The van der Waals surface area contributed by atoms with Crippen LogP contribution in [0.25, 0.3) is 0 Å². The van der Waals surface area contributed by atoms with Gasteiger partial charge >= 0.3 is 5.97 Å². The van der Waals surface area contributed by atoms with Crippen LogP contribution in [-0.4, -0.2) is 60.3 Å². The molecular formula is C18H24N2O5S. The summed E-state index contributed by atoms with van der Waals surface area (Å²) in [5.74, 6) is -1.08. The fourth-order valence-electron chi connectivity index (χ4n) is 3.75. The van der Waals surface area contributed by atoms with E-state index >= 15 is 0 Å². The number of rotatable bonds is 3. The molecule has 0 spiro atoms. The Balaban J connectivity index is 1.90. The average molecular weight is 380 g/mol. The van der Waals surface area contributed by atoms with Gasteiger partial charge in [0.1, 0.15) is 6.04 Å². The van der Waals surface area contributed by atoms with E-state index in [9.17, 15) is 23.1 Å². The molecule has 26 heavy (non-hydrogen) atoms. The minimum absolute atomic E-state index is 0.0169. The number of piperidine rings is 1. The van der Waals surface area contributed by atoms with E-state index in [4.69, 9.17) is 0 Å². The summed E-state index contributed by atoms with van der Waals surface area (Å²) in [5.41, 5.74) is 1.96. The Labute approximate surface area is 153 Å². The zero-order chi connectivity index (χ0) is 18.9. The van der Waals surface area contributed by atoms with Crippen molar-refractivity contribution in [3.8, 4) is 0 Å². The van der Waals surface area contributed by atoms with Gasteiger partial charge in [0, 0.05) is 26.6 Å². The van der Waals surface area contributed by atoms with Crippen LogP contribution >= 0.6 is 0 Å². The molecule has 7 nitrogen and oxygen atoms in total. The molecule has 1 aromatic rings. The van der Waals surface area contributed by atoms with Gasteiger partial charge in [-0.1, -0.05) is 6.07 Å². The summed E-state index contributed by atoms with van der Waals surface area (Å²) in [4.78, 5) is 25.0. The maximum Gasteiger partial charge on any atom is 0.322 e. The van der Waals surface area contributed by atoms with E-state index in [1.54, 1.807) is 23.1 Å². The molecule has 1 amide bonds. The first-order valence-electron chi connectivity index (χ1n) is 8.92. The van der Waals surface area contributed by atoms with Gasteiger partial charge in [0.15, 0.2) is 0 Å². The molecule has 3 rings (SSSR count). The van der Waals surface area contributed by atoms with Crippen molar-refractivity contribution in [1.29, 1.82) is 0 Å². The number of carboxylic acid groups (broad SMARTS) is 1. The zero-order valence-corrected chi connectivity index (χ0v) is 15.7. The molecule has 8 heteroatoms. The molecule has 1 fully saturated rings. The van der Waals surface area contributed by atoms with Crippen LogP contribution in [0.15, 0.2) is 23.1 Å². The van der Waals surface area contributed by atoms with E-state index < -0.39 is 22.0 Å². The molecule has 1 saturated heterocycles. The molecule has 2 aliphatic heterocycles. The number of nitrogens with zero attached hydrogens (tertiary/aromatic N) is 2. The Hall–Kier alpha value is -1.93. The van der Waals surface area contributed by atoms with Crippen molar-refractivity contribution >= 4 is 21.9 Å². The second-order valence-corrected chi connectivity index (χ2v) is 8.79. The number of hydrogen-bond donors (Lipinski definition) is 1. The molecule has 2 heterocycles. The third-order valence-corrected chi connectivity index (χ3v) is 7.17. The second-order valence-electron chi connectivity index (χ2n) is 6.90. The van der Waals surface area contributed by atoms with Gasteiger partial charge < -0.3 is 10.0 Å². The lowest BCUT2D eigenvalue weighted by Crippen LogP contribution is -2.47. The highest BCUT2D eigenvalue weighted by Crippen LogP contribution is 2.28. The minimum atomic E-state index is -3.86. The fourth-order valence-corrected chi connectivity index (χ4v) is 5.45. The van der Waals surface area contributed by atoms with Crippen LogP contribution in [0.4, 0.5) is 0 Å². The molecule has 0 bridgehead atoms. The molecule has 2 aliphatic rings. The molecule has 142 valence electrons. The summed E-state index contributed by atoms with van der Waals surface area (Å²) < 4.78 is 27.2. The van der Waals surface area contributed by atoms with E-state index in [-0.39, 0.29) is 17.3 Å². The van der Waals surface area contributed by atoms with E-state index in [1.807, 2.05) is 0 Å². The van der Waals surface area contributed by atoms with Crippen molar-refractivity contribution < 1.29 is 23.1 Å². The van der Waals surface area contributed by atoms with Gasteiger partial charge in [-0.3, -0.25) is 9.59 Å². The number of fused-ring (bicyclic) bond motifs is 1. The molecule has 1 unspecified atom stereocenters. The second kappa shape index (κ2) is 7.36. The lowest BCUT2D eigenvalue weighted by molar-refractivity contribution is -0.142. The summed E-state index contributed by atoms with van der Waals surface area (Å²) in [5, 5.41) is 9.39. The molecular weight excluding hydrogens is 356 g/mol. The van der Waals surface area contributed by atoms with E-state index in [1.165, 1.54) is 6.92 Å². The van der Waals surface area contributed by atoms with Crippen molar-refractivity contribution in [1.82, 2.24) is 9.21 Å². The van der Waals surface area contributed by atoms with E-state index in [2.05, 4.69) is 0 Å². The number of hydrogen-bond acceptors (Lipinski definition) is 4. The Kier molecular flexibility index (Phi) is 5.34. The van der Waals surface area contributed by atoms with Crippen LogP contribution < -0.4 is 0 Å². The van der Waals surface area contributed by atoms with Gasteiger partial charge in [0.2, 0.25) is 15.9 Å². The van der Waals surface area contributed by atoms with Crippen molar-refractivity contribution in [3.63, 3.8) is 0 Å². The molecule has 1 N–H and O–H groups in total. The third kappa shape index (κ3) is 3.61. The minimum Gasteiger partial charge on any atom is -0.480 e. The normalized spacial score (nSPS) is 21.7. The summed E-state index contributed by atoms with van der Waals surface area (Å²) >= 11 is 0. The fraction of sp³-hybridized carbons (Fsp3) is 0.556. The van der Waals surface area contributed by atoms with Crippen molar-refractivity contribution in [2.75, 3.05) is 19.6 Å². The summed E-state index contributed by atoms with van der Waals surface area (Å²) in [7, 11) is -3.86.